The molecule has 0 radical (unpaired) electrons. The molecule has 2 aromatic heterocycles. The lowest BCUT2D eigenvalue weighted by Gasteiger charge is -2.18. The van der Waals surface area contributed by atoms with Crippen molar-refractivity contribution in [2.75, 3.05) is 0 Å². The number of hydrogen-bond acceptors (Lipinski definition) is 2. The van der Waals surface area contributed by atoms with E-state index in [0.29, 0.717) is 0 Å². The molecule has 0 saturated carbocycles. The SMILES string of the molecule is c1ccc(-c2c3ccccc3cc3c2oc2cc(-c4c5ccccc5c(-c5ccc6ccccc6c5)c5ccccc45)ccc23)nc1. The van der Waals surface area contributed by atoms with Crippen LogP contribution in [0.2, 0.25) is 0 Å². The summed E-state index contributed by atoms with van der Waals surface area (Å²) in [7, 11) is 0. The summed E-state index contributed by atoms with van der Waals surface area (Å²) < 4.78 is 6.83. The molecule has 2 nitrogen and oxygen atoms in total. The molecule has 0 atom stereocenters. The predicted octanol–water partition coefficient (Wildman–Crippen LogP) is 12.6. The first kappa shape index (κ1) is 26.0. The zero-order chi connectivity index (χ0) is 30.9. The van der Waals surface area contributed by atoms with E-state index in [1.54, 1.807) is 0 Å². The summed E-state index contributed by atoms with van der Waals surface area (Å²) in [5.41, 5.74) is 8.54. The number of fused-ring (bicyclic) bond motifs is 7. The van der Waals surface area contributed by atoms with E-state index < -0.39 is 0 Å². The van der Waals surface area contributed by atoms with Gasteiger partial charge in [-0.25, -0.2) is 0 Å². The van der Waals surface area contributed by atoms with Crippen LogP contribution in [0.1, 0.15) is 0 Å². The van der Waals surface area contributed by atoms with Crippen molar-refractivity contribution in [1.82, 2.24) is 4.98 Å². The summed E-state index contributed by atoms with van der Waals surface area (Å²) in [6, 6.07) is 56.6. The van der Waals surface area contributed by atoms with E-state index in [9.17, 15) is 0 Å². The van der Waals surface area contributed by atoms with Gasteiger partial charge in [0.05, 0.1) is 11.3 Å². The highest BCUT2D eigenvalue weighted by Crippen LogP contribution is 2.46. The molecule has 218 valence electrons. The second-order valence-corrected chi connectivity index (χ2v) is 12.3. The van der Waals surface area contributed by atoms with Crippen LogP contribution in [-0.4, -0.2) is 4.98 Å². The molecule has 0 unspecified atom stereocenters. The molecule has 10 rings (SSSR count). The van der Waals surface area contributed by atoms with Gasteiger partial charge in [0.25, 0.3) is 0 Å². The van der Waals surface area contributed by atoms with E-state index in [1.165, 1.54) is 54.4 Å². The maximum Gasteiger partial charge on any atom is 0.145 e. The van der Waals surface area contributed by atoms with Crippen molar-refractivity contribution >= 4 is 65.0 Å². The Bertz CT molecular complexity index is 2790. The van der Waals surface area contributed by atoms with Crippen LogP contribution in [-0.2, 0) is 0 Å². The van der Waals surface area contributed by atoms with E-state index >= 15 is 0 Å². The van der Waals surface area contributed by atoms with Crippen molar-refractivity contribution < 1.29 is 4.42 Å². The van der Waals surface area contributed by atoms with Gasteiger partial charge in [0.15, 0.2) is 0 Å². The molecule has 2 heterocycles. The molecule has 2 heteroatoms. The van der Waals surface area contributed by atoms with Crippen LogP contribution < -0.4 is 0 Å². The highest BCUT2D eigenvalue weighted by atomic mass is 16.3. The number of nitrogens with zero attached hydrogens (tertiary/aromatic N) is 1. The van der Waals surface area contributed by atoms with Gasteiger partial charge in [-0.2, -0.15) is 0 Å². The Morgan fingerprint density at radius 1 is 0.362 bits per heavy atom. The van der Waals surface area contributed by atoms with Gasteiger partial charge < -0.3 is 4.42 Å². The topological polar surface area (TPSA) is 26.0 Å². The highest BCUT2D eigenvalue weighted by Gasteiger charge is 2.20. The lowest BCUT2D eigenvalue weighted by atomic mass is 9.85. The number of aromatic nitrogens is 1. The number of pyridine rings is 1. The Morgan fingerprint density at radius 3 is 1.62 bits per heavy atom. The zero-order valence-corrected chi connectivity index (χ0v) is 25.4. The normalized spacial score (nSPS) is 11.8. The third-order valence-electron chi connectivity index (χ3n) is 9.66. The molecule has 0 bridgehead atoms. The third-order valence-corrected chi connectivity index (χ3v) is 9.66. The second-order valence-electron chi connectivity index (χ2n) is 12.3. The Morgan fingerprint density at radius 2 is 0.936 bits per heavy atom. The van der Waals surface area contributed by atoms with Gasteiger partial charge in [-0.3, -0.25) is 4.98 Å². The van der Waals surface area contributed by atoms with Crippen molar-refractivity contribution in [3.63, 3.8) is 0 Å². The molecule has 0 fully saturated rings. The van der Waals surface area contributed by atoms with Gasteiger partial charge >= 0.3 is 0 Å². The molecular formula is C45H27NO. The van der Waals surface area contributed by atoms with Gasteiger partial charge in [0, 0.05) is 17.0 Å². The number of furan rings is 1. The van der Waals surface area contributed by atoms with E-state index in [4.69, 9.17) is 9.40 Å². The molecule has 47 heavy (non-hydrogen) atoms. The van der Waals surface area contributed by atoms with E-state index in [1.807, 2.05) is 18.3 Å². The van der Waals surface area contributed by atoms with Gasteiger partial charge in [0.2, 0.25) is 0 Å². The Labute approximate surface area is 271 Å². The van der Waals surface area contributed by atoms with Gasteiger partial charge in [0.1, 0.15) is 11.2 Å². The molecule has 10 aromatic rings. The zero-order valence-electron chi connectivity index (χ0n) is 25.4. The molecule has 0 aliphatic rings. The van der Waals surface area contributed by atoms with Crippen molar-refractivity contribution in [3.05, 3.63) is 164 Å². The lowest BCUT2D eigenvalue weighted by Crippen LogP contribution is -1.91. The van der Waals surface area contributed by atoms with E-state index in [-0.39, 0.29) is 0 Å². The molecule has 0 N–H and O–H groups in total. The fraction of sp³-hybridized carbons (Fsp3) is 0. The monoisotopic (exact) mass is 597 g/mol. The fourth-order valence-corrected chi connectivity index (χ4v) is 7.59. The summed E-state index contributed by atoms with van der Waals surface area (Å²) in [5.74, 6) is 0. The molecule has 0 amide bonds. The maximum atomic E-state index is 6.83. The minimum atomic E-state index is 0.871. The molecular weight excluding hydrogens is 571 g/mol. The maximum absolute atomic E-state index is 6.83. The highest BCUT2D eigenvalue weighted by molar-refractivity contribution is 6.23. The van der Waals surface area contributed by atoms with Crippen LogP contribution in [0.3, 0.4) is 0 Å². The minimum Gasteiger partial charge on any atom is -0.455 e. The van der Waals surface area contributed by atoms with Crippen molar-refractivity contribution in [3.8, 4) is 33.5 Å². The van der Waals surface area contributed by atoms with Crippen LogP contribution in [0, 0.1) is 0 Å². The molecule has 0 spiro atoms. The summed E-state index contributed by atoms with van der Waals surface area (Å²) >= 11 is 0. The standard InChI is InChI=1S/C45H27NO/c1-2-12-29-25-31(21-20-28(29)11-1)42-35-15-5-7-17-37(35)43(38-18-8-6-16-36(38)42)32-22-23-34-39-26-30-13-3-4-14-33(30)44(40-19-9-10-24-46-40)45(39)47-41(34)27-32/h1-27H. The first-order valence-corrected chi connectivity index (χ1v) is 16.0. The predicted molar refractivity (Wildman–Crippen MR) is 198 cm³/mol. The van der Waals surface area contributed by atoms with Crippen molar-refractivity contribution in [1.29, 1.82) is 0 Å². The quantitative estimate of drug-likeness (QED) is 0.189. The summed E-state index contributed by atoms with van der Waals surface area (Å²) in [6.07, 6.45) is 1.85. The van der Waals surface area contributed by atoms with Gasteiger partial charge in [-0.1, -0.05) is 121 Å². The van der Waals surface area contributed by atoms with Gasteiger partial charge in [-0.15, -0.1) is 0 Å². The minimum absolute atomic E-state index is 0.871. The molecule has 0 aliphatic carbocycles. The molecule has 0 aliphatic heterocycles. The summed E-state index contributed by atoms with van der Waals surface area (Å²) in [5, 5.41) is 12.0. The van der Waals surface area contributed by atoms with E-state index in [0.717, 1.165) is 44.1 Å². The molecule has 0 saturated heterocycles. The van der Waals surface area contributed by atoms with Crippen molar-refractivity contribution in [2.45, 2.75) is 0 Å². The average Bonchev–Trinajstić information content (AvgIpc) is 3.50. The van der Waals surface area contributed by atoms with E-state index in [2.05, 4.69) is 146 Å². The average molecular weight is 598 g/mol. The largest absolute Gasteiger partial charge is 0.455 e. The molecule has 8 aromatic carbocycles. The van der Waals surface area contributed by atoms with Crippen LogP contribution in [0.25, 0.3) is 98.5 Å². The van der Waals surface area contributed by atoms with Crippen LogP contribution >= 0.6 is 0 Å². The lowest BCUT2D eigenvalue weighted by molar-refractivity contribution is 0.670. The first-order chi connectivity index (χ1) is 23.3. The van der Waals surface area contributed by atoms with Crippen LogP contribution in [0.5, 0.6) is 0 Å². The van der Waals surface area contributed by atoms with Crippen LogP contribution in [0.15, 0.2) is 168 Å². The smallest absolute Gasteiger partial charge is 0.145 e. The summed E-state index contributed by atoms with van der Waals surface area (Å²) in [4.78, 5) is 4.74. The number of benzene rings is 8. The third kappa shape index (κ3) is 3.95. The second kappa shape index (κ2) is 10.1. The fourth-order valence-electron chi connectivity index (χ4n) is 7.59. The Balaban J connectivity index is 1.26. The first-order valence-electron chi connectivity index (χ1n) is 16.0. The van der Waals surface area contributed by atoms with Crippen molar-refractivity contribution in [2.24, 2.45) is 0 Å². The Hall–Kier alpha value is -6.25. The number of rotatable bonds is 3. The number of hydrogen-bond donors (Lipinski definition) is 0. The van der Waals surface area contributed by atoms with Gasteiger partial charge in [-0.05, 0) is 102 Å². The summed E-state index contributed by atoms with van der Waals surface area (Å²) in [6.45, 7) is 0. The van der Waals surface area contributed by atoms with Crippen LogP contribution in [0.4, 0.5) is 0 Å². The Kier molecular flexibility index (Phi) is 5.61.